The largest absolute Gasteiger partial charge is 0.504 e. The summed E-state index contributed by atoms with van der Waals surface area (Å²) in [6.45, 7) is -0.157. The zero-order valence-electron chi connectivity index (χ0n) is 28.3. The first-order valence-electron chi connectivity index (χ1n) is 16.5. The molecule has 0 aliphatic carbocycles. The first-order chi connectivity index (χ1) is 24.6. The molecule has 15 nitrogen and oxygen atoms in total. The summed E-state index contributed by atoms with van der Waals surface area (Å²) in [4.78, 5) is 0. The summed E-state index contributed by atoms with van der Waals surface area (Å²) in [6.07, 6.45) is -10.7. The Balaban J connectivity index is 1.22. The van der Waals surface area contributed by atoms with Crippen LogP contribution in [-0.2, 0) is 18.9 Å². The minimum absolute atomic E-state index is 0.0252. The van der Waals surface area contributed by atoms with Crippen LogP contribution in [0.15, 0.2) is 54.6 Å². The summed E-state index contributed by atoms with van der Waals surface area (Å²) >= 11 is 0. The van der Waals surface area contributed by atoms with Crippen LogP contribution in [0.25, 0.3) is 0 Å². The van der Waals surface area contributed by atoms with Crippen LogP contribution in [0.4, 0.5) is 0 Å². The summed E-state index contributed by atoms with van der Waals surface area (Å²) in [5.74, 6) is 1.01. The molecule has 3 aromatic carbocycles. The van der Waals surface area contributed by atoms with E-state index in [2.05, 4.69) is 0 Å². The maximum atomic E-state index is 11.5. The molecule has 11 atom stereocenters. The second kappa shape index (κ2) is 15.8. The minimum atomic E-state index is -1.67. The molecule has 3 aromatic rings. The van der Waals surface area contributed by atoms with E-state index in [1.807, 2.05) is 12.1 Å². The third-order valence-corrected chi connectivity index (χ3v) is 9.76. The van der Waals surface area contributed by atoms with Gasteiger partial charge in [0, 0.05) is 11.8 Å². The zero-order chi connectivity index (χ0) is 36.4. The number of ether oxygens (including phenoxy) is 8. The average Bonchev–Trinajstić information content (AvgIpc) is 3.76. The summed E-state index contributed by atoms with van der Waals surface area (Å²) in [7, 11) is 4.33. The maximum Gasteiger partial charge on any atom is 0.186 e. The lowest BCUT2D eigenvalue weighted by molar-refractivity contribution is -0.305. The fraction of sp³-hybridized carbons (Fsp3) is 0.500. The van der Waals surface area contributed by atoms with Gasteiger partial charge in [0.25, 0.3) is 0 Å². The highest BCUT2D eigenvalue weighted by molar-refractivity contribution is 5.46. The Kier molecular flexibility index (Phi) is 11.4. The summed E-state index contributed by atoms with van der Waals surface area (Å²) in [5.41, 5.74) is 2.00. The van der Waals surface area contributed by atoms with Gasteiger partial charge in [-0.3, -0.25) is 0 Å². The lowest BCUT2D eigenvalue weighted by Crippen LogP contribution is -2.59. The van der Waals surface area contributed by atoms with E-state index in [-0.39, 0.29) is 47.0 Å². The van der Waals surface area contributed by atoms with Gasteiger partial charge in [0.1, 0.15) is 30.5 Å². The van der Waals surface area contributed by atoms with E-state index in [0.29, 0.717) is 30.3 Å². The number of benzene rings is 3. The second-order valence-electron chi connectivity index (χ2n) is 12.7. The normalized spacial score (nSPS) is 30.0. The van der Waals surface area contributed by atoms with E-state index in [4.69, 9.17) is 37.9 Å². The molecule has 0 bridgehead atoms. The average molecular weight is 717 g/mol. The number of methoxy groups -OCH3 is 3. The summed E-state index contributed by atoms with van der Waals surface area (Å²) in [5, 5.41) is 72.2. The zero-order valence-corrected chi connectivity index (χ0v) is 28.3. The van der Waals surface area contributed by atoms with Crippen molar-refractivity contribution in [2.24, 2.45) is 11.8 Å². The van der Waals surface area contributed by atoms with Crippen molar-refractivity contribution >= 4 is 0 Å². The SMILES string of the molecule is COc1cc(C2OCC3C(c4ccc(O[C@H](CO[C@@H]5O[C@H](CO)[C@@H](O)[C@H](O)[C@H]5O)[C@@H](O)c5ccc(O)c(OC)c5)c(OC)c4)OCC23)ccc1O. The number of rotatable bonds is 13. The Morgan fingerprint density at radius 3 is 1.88 bits per heavy atom. The third-order valence-electron chi connectivity index (χ3n) is 9.76. The molecule has 3 aliphatic heterocycles. The number of phenolic OH excluding ortho intramolecular Hbond substituents is 2. The highest BCUT2D eigenvalue weighted by Crippen LogP contribution is 2.51. The number of hydrogen-bond acceptors (Lipinski definition) is 15. The Bertz CT molecular complexity index is 1630. The van der Waals surface area contributed by atoms with Crippen LogP contribution < -0.4 is 18.9 Å². The molecule has 7 N–H and O–H groups in total. The maximum absolute atomic E-state index is 11.5. The number of fused-ring (bicyclic) bond motifs is 1. The monoisotopic (exact) mass is 716 g/mol. The standard InChI is InChI=1S/C36H44O15/c1-44-25-10-17(4-7-22(25)38)30(40)29(16-49-36-33(43)32(42)31(41)28(13-37)51-36)50-24-9-6-19(12-27(24)46-3)35-21-15-47-34(20(21)14-48-35)18-5-8-23(39)26(11-18)45-2/h4-12,20-21,28-43H,13-16H2,1-3H3/t20?,21?,28-,29-,30+,31-,32+,33-,34?,35?,36-/m1/s1. The predicted octanol–water partition coefficient (Wildman–Crippen LogP) is 1.50. The van der Waals surface area contributed by atoms with E-state index in [9.17, 15) is 35.7 Å². The number of hydrogen-bond donors (Lipinski definition) is 7. The van der Waals surface area contributed by atoms with Crippen molar-refractivity contribution in [1.29, 1.82) is 0 Å². The molecule has 0 aromatic heterocycles. The quantitative estimate of drug-likeness (QED) is 0.133. The molecule has 3 saturated heterocycles. The smallest absolute Gasteiger partial charge is 0.186 e. The van der Waals surface area contributed by atoms with E-state index in [1.165, 1.54) is 39.5 Å². The van der Waals surface area contributed by atoms with Gasteiger partial charge in [-0.25, -0.2) is 0 Å². The molecule has 15 heteroatoms. The van der Waals surface area contributed by atoms with Gasteiger partial charge in [-0.1, -0.05) is 18.2 Å². The van der Waals surface area contributed by atoms with Gasteiger partial charge in [-0.05, 0) is 53.1 Å². The van der Waals surface area contributed by atoms with Crippen molar-refractivity contribution in [3.63, 3.8) is 0 Å². The molecule has 6 rings (SSSR count). The third kappa shape index (κ3) is 7.40. The van der Waals surface area contributed by atoms with Gasteiger partial charge >= 0.3 is 0 Å². The second-order valence-corrected chi connectivity index (χ2v) is 12.7. The molecule has 0 amide bonds. The van der Waals surface area contributed by atoms with Gasteiger partial charge in [-0.15, -0.1) is 0 Å². The van der Waals surface area contributed by atoms with Crippen LogP contribution in [-0.4, -0.2) is 120 Å². The van der Waals surface area contributed by atoms with Crippen molar-refractivity contribution < 1.29 is 73.6 Å². The number of aliphatic hydroxyl groups is 5. The van der Waals surface area contributed by atoms with Crippen molar-refractivity contribution in [3.05, 3.63) is 71.3 Å². The molecule has 278 valence electrons. The summed E-state index contributed by atoms with van der Waals surface area (Å²) < 4.78 is 46.3. The number of aliphatic hydroxyl groups excluding tert-OH is 5. The first kappa shape index (κ1) is 36.9. The molecule has 3 aliphatic rings. The lowest BCUT2D eigenvalue weighted by Gasteiger charge is -2.40. The van der Waals surface area contributed by atoms with Crippen molar-refractivity contribution in [1.82, 2.24) is 0 Å². The Labute approximate surface area is 294 Å². The highest BCUT2D eigenvalue weighted by Gasteiger charge is 2.48. The lowest BCUT2D eigenvalue weighted by atomic mass is 9.85. The Morgan fingerprint density at radius 1 is 0.706 bits per heavy atom. The van der Waals surface area contributed by atoms with Crippen molar-refractivity contribution in [2.75, 3.05) is 47.8 Å². The van der Waals surface area contributed by atoms with Crippen LogP contribution in [0.3, 0.4) is 0 Å². The molecular formula is C36H44O15. The summed E-state index contributed by atoms with van der Waals surface area (Å²) in [6, 6.07) is 14.7. The molecule has 3 heterocycles. The number of phenols is 2. The molecule has 0 saturated carbocycles. The van der Waals surface area contributed by atoms with Gasteiger partial charge < -0.3 is 73.6 Å². The molecular weight excluding hydrogens is 672 g/mol. The Hall–Kier alpha value is -3.90. The van der Waals surface area contributed by atoms with E-state index in [0.717, 1.165) is 11.1 Å². The van der Waals surface area contributed by atoms with Crippen LogP contribution in [0.1, 0.15) is 35.0 Å². The van der Waals surface area contributed by atoms with Gasteiger partial charge in [0.05, 0.1) is 60.0 Å². The minimum Gasteiger partial charge on any atom is -0.504 e. The molecule has 0 radical (unpaired) electrons. The van der Waals surface area contributed by atoms with Gasteiger partial charge in [-0.2, -0.15) is 0 Å². The topological polar surface area (TPSA) is 215 Å². The fourth-order valence-electron chi connectivity index (χ4n) is 6.90. The molecule has 4 unspecified atom stereocenters. The first-order valence-corrected chi connectivity index (χ1v) is 16.5. The van der Waals surface area contributed by atoms with E-state index in [1.54, 1.807) is 24.3 Å². The van der Waals surface area contributed by atoms with E-state index < -0.39 is 56.1 Å². The Morgan fingerprint density at radius 2 is 1.27 bits per heavy atom. The van der Waals surface area contributed by atoms with Crippen molar-refractivity contribution in [2.45, 2.75) is 55.1 Å². The van der Waals surface area contributed by atoms with Gasteiger partial charge in [0.15, 0.2) is 46.9 Å². The van der Waals surface area contributed by atoms with Crippen LogP contribution in [0, 0.1) is 11.8 Å². The molecule has 51 heavy (non-hydrogen) atoms. The molecule has 0 spiro atoms. The van der Waals surface area contributed by atoms with Gasteiger partial charge in [0.2, 0.25) is 0 Å². The van der Waals surface area contributed by atoms with E-state index >= 15 is 0 Å². The van der Waals surface area contributed by atoms with Crippen LogP contribution in [0.5, 0.6) is 34.5 Å². The van der Waals surface area contributed by atoms with Crippen LogP contribution in [0.2, 0.25) is 0 Å². The van der Waals surface area contributed by atoms with Crippen molar-refractivity contribution in [3.8, 4) is 34.5 Å². The highest BCUT2D eigenvalue weighted by atomic mass is 16.7. The molecule has 3 fully saturated rings. The number of aromatic hydroxyl groups is 2. The predicted molar refractivity (Wildman–Crippen MR) is 176 cm³/mol. The fourth-order valence-corrected chi connectivity index (χ4v) is 6.90. The van der Waals surface area contributed by atoms with Crippen LogP contribution >= 0.6 is 0 Å².